The number of nitrogens with zero attached hydrogens (tertiary/aromatic N) is 1. The third-order valence-electron chi connectivity index (χ3n) is 4.48. The highest BCUT2D eigenvalue weighted by Gasteiger charge is 2.18. The van der Waals surface area contributed by atoms with E-state index in [0.29, 0.717) is 0 Å². The van der Waals surface area contributed by atoms with Crippen molar-refractivity contribution in [2.45, 2.75) is 59.5 Å². The van der Waals surface area contributed by atoms with Crippen molar-refractivity contribution in [2.75, 3.05) is 19.6 Å². The number of aryl methyl sites for hydroxylation is 1. The highest BCUT2D eigenvalue weighted by molar-refractivity contribution is 7.12. The van der Waals surface area contributed by atoms with Crippen molar-refractivity contribution >= 4 is 11.3 Å². The molecule has 0 unspecified atom stereocenters. The summed E-state index contributed by atoms with van der Waals surface area (Å²) in [7, 11) is 0. The molecule has 1 fully saturated rings. The molecule has 0 bridgehead atoms. The smallest absolute Gasteiger partial charge is 0.0299 e. The highest BCUT2D eigenvalue weighted by atomic mass is 32.1. The number of piperidine rings is 1. The molecular weight excluding hydrogens is 264 g/mol. The van der Waals surface area contributed by atoms with Gasteiger partial charge in [-0.15, -0.1) is 11.3 Å². The Morgan fingerprint density at radius 3 is 2.70 bits per heavy atom. The van der Waals surface area contributed by atoms with Crippen LogP contribution < -0.4 is 5.32 Å². The fourth-order valence-corrected chi connectivity index (χ4v) is 4.04. The fraction of sp³-hybridized carbons (Fsp3) is 0.765. The van der Waals surface area contributed by atoms with E-state index in [-0.39, 0.29) is 0 Å². The van der Waals surface area contributed by atoms with Crippen LogP contribution in [-0.2, 0) is 13.1 Å². The number of thiophene rings is 1. The van der Waals surface area contributed by atoms with Gasteiger partial charge in [0, 0.05) is 22.8 Å². The molecule has 0 radical (unpaired) electrons. The maximum absolute atomic E-state index is 3.51. The molecule has 3 heteroatoms. The van der Waals surface area contributed by atoms with Crippen molar-refractivity contribution in [3.8, 4) is 0 Å². The molecule has 0 atom stereocenters. The average molecular weight is 295 g/mol. The molecular formula is C17H30N2S. The maximum Gasteiger partial charge on any atom is 0.0299 e. The first-order valence-corrected chi connectivity index (χ1v) is 9.05. The van der Waals surface area contributed by atoms with Crippen LogP contribution in [0.4, 0.5) is 0 Å². The van der Waals surface area contributed by atoms with Crippen LogP contribution in [0.15, 0.2) is 6.07 Å². The molecule has 0 spiro atoms. The summed E-state index contributed by atoms with van der Waals surface area (Å²) < 4.78 is 0. The van der Waals surface area contributed by atoms with Gasteiger partial charge in [0.2, 0.25) is 0 Å². The number of hydrogen-bond donors (Lipinski definition) is 1. The minimum absolute atomic E-state index is 0.976. The van der Waals surface area contributed by atoms with Crippen LogP contribution in [0, 0.1) is 12.8 Å². The second-order valence-corrected chi connectivity index (χ2v) is 7.44. The maximum atomic E-state index is 3.51. The Kier molecular flexibility index (Phi) is 6.53. The molecule has 1 aromatic rings. The zero-order valence-corrected chi connectivity index (χ0v) is 14.2. The minimum atomic E-state index is 0.976. The molecule has 114 valence electrons. The van der Waals surface area contributed by atoms with E-state index in [4.69, 9.17) is 0 Å². The fourth-order valence-electron chi connectivity index (χ4n) is 3.01. The Bertz CT molecular complexity index is 392. The molecule has 1 saturated heterocycles. The van der Waals surface area contributed by atoms with E-state index in [1.165, 1.54) is 48.5 Å². The molecule has 2 nitrogen and oxygen atoms in total. The van der Waals surface area contributed by atoms with Gasteiger partial charge in [-0.3, -0.25) is 4.90 Å². The lowest BCUT2D eigenvalue weighted by atomic mass is 9.94. The largest absolute Gasteiger partial charge is 0.312 e. The van der Waals surface area contributed by atoms with Crippen molar-refractivity contribution in [1.82, 2.24) is 10.2 Å². The van der Waals surface area contributed by atoms with Crippen LogP contribution in [0.1, 0.15) is 54.8 Å². The minimum Gasteiger partial charge on any atom is -0.312 e. The Hall–Kier alpha value is -0.380. The van der Waals surface area contributed by atoms with E-state index >= 15 is 0 Å². The van der Waals surface area contributed by atoms with E-state index < -0.39 is 0 Å². The molecule has 20 heavy (non-hydrogen) atoms. The first kappa shape index (κ1) is 16.0. The van der Waals surface area contributed by atoms with E-state index in [9.17, 15) is 0 Å². The summed E-state index contributed by atoms with van der Waals surface area (Å²) in [6.07, 6.45) is 5.36. The van der Waals surface area contributed by atoms with Crippen LogP contribution in [0.2, 0.25) is 0 Å². The van der Waals surface area contributed by atoms with E-state index in [0.717, 1.165) is 25.6 Å². The van der Waals surface area contributed by atoms with Gasteiger partial charge in [0.05, 0.1) is 0 Å². The van der Waals surface area contributed by atoms with Gasteiger partial charge in [0.25, 0.3) is 0 Å². The molecule has 0 aliphatic carbocycles. The summed E-state index contributed by atoms with van der Waals surface area (Å²) in [5.74, 6) is 0.976. The zero-order chi connectivity index (χ0) is 14.4. The van der Waals surface area contributed by atoms with Gasteiger partial charge in [-0.25, -0.2) is 0 Å². The molecule has 1 N–H and O–H groups in total. The van der Waals surface area contributed by atoms with Crippen molar-refractivity contribution < 1.29 is 0 Å². The standard InChI is InChI=1S/C17H30N2S/c1-4-8-18-12-17-11-16(14(3)20-17)13-19-9-6-15(5-2)7-10-19/h11,15,18H,4-10,12-13H2,1-3H3. The monoisotopic (exact) mass is 294 g/mol. The van der Waals surface area contributed by atoms with Gasteiger partial charge in [-0.05, 0) is 63.4 Å². The van der Waals surface area contributed by atoms with Crippen molar-refractivity contribution in [2.24, 2.45) is 5.92 Å². The van der Waals surface area contributed by atoms with Crippen LogP contribution in [0.3, 0.4) is 0 Å². The zero-order valence-electron chi connectivity index (χ0n) is 13.4. The summed E-state index contributed by atoms with van der Waals surface area (Å²) in [6.45, 7) is 12.7. The van der Waals surface area contributed by atoms with Gasteiger partial charge < -0.3 is 5.32 Å². The number of hydrogen-bond acceptors (Lipinski definition) is 3. The van der Waals surface area contributed by atoms with Crippen molar-refractivity contribution in [3.63, 3.8) is 0 Å². The lowest BCUT2D eigenvalue weighted by molar-refractivity contribution is 0.175. The third kappa shape index (κ3) is 4.57. The second-order valence-electron chi connectivity index (χ2n) is 6.10. The predicted molar refractivity (Wildman–Crippen MR) is 89.3 cm³/mol. The molecule has 0 amide bonds. The average Bonchev–Trinajstić information content (AvgIpc) is 2.80. The van der Waals surface area contributed by atoms with Crippen molar-refractivity contribution in [3.05, 3.63) is 21.4 Å². The van der Waals surface area contributed by atoms with E-state index in [1.807, 2.05) is 11.3 Å². The normalized spacial score (nSPS) is 17.8. The molecule has 2 heterocycles. The van der Waals surface area contributed by atoms with Crippen LogP contribution in [-0.4, -0.2) is 24.5 Å². The molecule has 1 aromatic heterocycles. The third-order valence-corrected chi connectivity index (χ3v) is 5.57. The molecule has 0 aromatic carbocycles. The Labute approximate surface area is 128 Å². The van der Waals surface area contributed by atoms with Gasteiger partial charge in [-0.1, -0.05) is 20.3 Å². The van der Waals surface area contributed by atoms with E-state index in [1.54, 1.807) is 5.56 Å². The number of likely N-dealkylation sites (tertiary alicyclic amines) is 1. The lowest BCUT2D eigenvalue weighted by Gasteiger charge is -2.31. The summed E-state index contributed by atoms with van der Waals surface area (Å²) in [4.78, 5) is 5.65. The van der Waals surface area contributed by atoms with Crippen LogP contribution >= 0.6 is 11.3 Å². The highest BCUT2D eigenvalue weighted by Crippen LogP contribution is 2.26. The number of nitrogens with one attached hydrogen (secondary N) is 1. The molecule has 2 rings (SSSR count). The Morgan fingerprint density at radius 2 is 2.05 bits per heavy atom. The lowest BCUT2D eigenvalue weighted by Crippen LogP contribution is -2.33. The predicted octanol–water partition coefficient (Wildman–Crippen LogP) is 4.18. The van der Waals surface area contributed by atoms with Crippen LogP contribution in [0.5, 0.6) is 0 Å². The SMILES string of the molecule is CCCNCc1cc(CN2CCC(CC)CC2)c(C)s1. The summed E-state index contributed by atoms with van der Waals surface area (Å²) >= 11 is 1.97. The van der Waals surface area contributed by atoms with Gasteiger partial charge in [0.1, 0.15) is 0 Å². The van der Waals surface area contributed by atoms with Gasteiger partial charge in [-0.2, -0.15) is 0 Å². The molecule has 1 aliphatic heterocycles. The van der Waals surface area contributed by atoms with Crippen LogP contribution in [0.25, 0.3) is 0 Å². The summed E-state index contributed by atoms with van der Waals surface area (Å²) in [5, 5.41) is 3.51. The summed E-state index contributed by atoms with van der Waals surface area (Å²) in [6, 6.07) is 2.43. The summed E-state index contributed by atoms with van der Waals surface area (Å²) in [5.41, 5.74) is 1.55. The molecule has 1 aliphatic rings. The number of rotatable bonds is 7. The first-order chi connectivity index (χ1) is 9.72. The van der Waals surface area contributed by atoms with Crippen molar-refractivity contribution in [1.29, 1.82) is 0 Å². The quantitative estimate of drug-likeness (QED) is 0.759. The van der Waals surface area contributed by atoms with Gasteiger partial charge in [0.15, 0.2) is 0 Å². The Morgan fingerprint density at radius 1 is 1.30 bits per heavy atom. The van der Waals surface area contributed by atoms with Gasteiger partial charge >= 0.3 is 0 Å². The second kappa shape index (κ2) is 8.16. The topological polar surface area (TPSA) is 15.3 Å². The molecule has 0 saturated carbocycles. The Balaban J connectivity index is 1.83. The van der Waals surface area contributed by atoms with E-state index in [2.05, 4.69) is 37.1 Å². The first-order valence-electron chi connectivity index (χ1n) is 8.24.